The summed E-state index contributed by atoms with van der Waals surface area (Å²) in [5, 5.41) is 0. The van der Waals surface area contributed by atoms with Crippen molar-refractivity contribution < 1.29 is 27.5 Å². The number of aliphatic imine (C=N–C) groups is 1. The van der Waals surface area contributed by atoms with Gasteiger partial charge in [-0.2, -0.15) is 13.2 Å². The van der Waals surface area contributed by atoms with Crippen molar-refractivity contribution in [3.8, 4) is 0 Å². The first-order chi connectivity index (χ1) is 7.37. The van der Waals surface area contributed by atoms with Crippen molar-refractivity contribution in [1.82, 2.24) is 0 Å². The summed E-state index contributed by atoms with van der Waals surface area (Å²) in [5.74, 6) is -1.03. The molecule has 0 unspecified atom stereocenters. The first-order valence-electron chi connectivity index (χ1n) is 4.31. The summed E-state index contributed by atoms with van der Waals surface area (Å²) in [7, 11) is 0. The molecule has 0 fully saturated rings. The Labute approximate surface area is 89.8 Å². The van der Waals surface area contributed by atoms with E-state index in [9.17, 15) is 22.8 Å². The first kappa shape index (κ1) is 14.4. The summed E-state index contributed by atoms with van der Waals surface area (Å²) in [5.41, 5.74) is 0.0466. The third-order valence-electron chi connectivity index (χ3n) is 1.44. The Hall–Kier alpha value is -1.62. The fraction of sp³-hybridized carbons (Fsp3) is 0.556. The van der Waals surface area contributed by atoms with Crippen LogP contribution >= 0.6 is 0 Å². The molecular weight excluding hydrogens is 227 g/mol. The molecule has 0 saturated heterocycles. The van der Waals surface area contributed by atoms with E-state index in [1.807, 2.05) is 0 Å². The number of alkyl halides is 3. The van der Waals surface area contributed by atoms with E-state index in [0.717, 1.165) is 0 Å². The minimum absolute atomic E-state index is 0.0466. The van der Waals surface area contributed by atoms with Crippen molar-refractivity contribution in [3.63, 3.8) is 0 Å². The third kappa shape index (κ3) is 7.75. The Kier molecular flexibility index (Phi) is 6.10. The zero-order valence-corrected chi connectivity index (χ0v) is 8.50. The molecule has 0 aliphatic carbocycles. The van der Waals surface area contributed by atoms with Gasteiger partial charge in [-0.1, -0.05) is 6.08 Å². The van der Waals surface area contributed by atoms with Crippen molar-refractivity contribution in [2.45, 2.75) is 19.5 Å². The highest BCUT2D eigenvalue weighted by Gasteiger charge is 2.29. The molecule has 0 saturated carbocycles. The molecule has 0 heterocycles. The minimum atomic E-state index is -4.53. The standard InChI is InChI=1S/C9H10F3NO3/c1-7(3-2-4-13-6-14)8(15)16-5-9(10,11)12/h3H,2,4-5H2,1H3/b7-3+. The monoisotopic (exact) mass is 237 g/mol. The number of esters is 1. The van der Waals surface area contributed by atoms with E-state index < -0.39 is 18.8 Å². The van der Waals surface area contributed by atoms with Crippen molar-refractivity contribution in [1.29, 1.82) is 0 Å². The van der Waals surface area contributed by atoms with Crippen molar-refractivity contribution in [2.24, 2.45) is 4.99 Å². The Morgan fingerprint density at radius 1 is 1.50 bits per heavy atom. The topological polar surface area (TPSA) is 55.7 Å². The van der Waals surface area contributed by atoms with Crippen LogP contribution in [0.4, 0.5) is 13.2 Å². The quantitative estimate of drug-likeness (QED) is 0.241. The molecule has 0 spiro atoms. The maximum Gasteiger partial charge on any atom is 0.422 e. The molecule has 0 atom stereocenters. The number of halogens is 3. The number of isocyanates is 1. The predicted octanol–water partition coefficient (Wildman–Crippen LogP) is 1.76. The van der Waals surface area contributed by atoms with E-state index in [1.165, 1.54) is 19.1 Å². The molecule has 0 rings (SSSR count). The van der Waals surface area contributed by atoms with Crippen LogP contribution in [0.2, 0.25) is 0 Å². The van der Waals surface area contributed by atoms with E-state index in [1.54, 1.807) is 0 Å². The van der Waals surface area contributed by atoms with Gasteiger partial charge in [-0.25, -0.2) is 14.6 Å². The van der Waals surface area contributed by atoms with Crippen LogP contribution in [0.3, 0.4) is 0 Å². The predicted molar refractivity (Wildman–Crippen MR) is 48.4 cm³/mol. The maximum atomic E-state index is 11.7. The van der Waals surface area contributed by atoms with Crippen LogP contribution in [0.25, 0.3) is 0 Å². The first-order valence-corrected chi connectivity index (χ1v) is 4.31. The van der Waals surface area contributed by atoms with E-state index >= 15 is 0 Å². The number of carbonyl (C=O) groups is 1. The molecule has 90 valence electrons. The van der Waals surface area contributed by atoms with Gasteiger partial charge in [0.2, 0.25) is 6.08 Å². The van der Waals surface area contributed by atoms with Crippen LogP contribution in [-0.4, -0.2) is 31.4 Å². The summed E-state index contributed by atoms with van der Waals surface area (Å²) < 4.78 is 39.0. The highest BCUT2D eigenvalue weighted by atomic mass is 19.4. The van der Waals surface area contributed by atoms with Crippen LogP contribution in [-0.2, 0) is 14.3 Å². The highest BCUT2D eigenvalue weighted by molar-refractivity contribution is 5.87. The second kappa shape index (κ2) is 6.79. The lowest BCUT2D eigenvalue weighted by atomic mass is 10.2. The van der Waals surface area contributed by atoms with Crippen LogP contribution in [0.15, 0.2) is 16.6 Å². The fourth-order valence-electron chi connectivity index (χ4n) is 0.736. The van der Waals surface area contributed by atoms with Crippen molar-refractivity contribution >= 4 is 12.0 Å². The number of hydrogen-bond donors (Lipinski definition) is 0. The van der Waals surface area contributed by atoms with E-state index in [2.05, 4.69) is 9.73 Å². The Morgan fingerprint density at radius 2 is 2.12 bits per heavy atom. The average molecular weight is 237 g/mol. The maximum absolute atomic E-state index is 11.7. The lowest BCUT2D eigenvalue weighted by molar-refractivity contribution is -0.183. The van der Waals surface area contributed by atoms with E-state index in [-0.39, 0.29) is 18.5 Å². The molecule has 0 bridgehead atoms. The normalized spacial score (nSPS) is 11.9. The van der Waals surface area contributed by atoms with Crippen LogP contribution in [0.1, 0.15) is 13.3 Å². The summed E-state index contributed by atoms with van der Waals surface area (Å²) >= 11 is 0. The van der Waals surface area contributed by atoms with Gasteiger partial charge in [-0.05, 0) is 13.3 Å². The van der Waals surface area contributed by atoms with E-state index in [4.69, 9.17) is 0 Å². The molecule has 0 amide bonds. The van der Waals surface area contributed by atoms with Gasteiger partial charge in [0.25, 0.3) is 0 Å². The molecular formula is C9H10F3NO3. The second-order valence-corrected chi connectivity index (χ2v) is 2.84. The smallest absolute Gasteiger partial charge is 0.422 e. The Balaban J connectivity index is 4.02. The molecule has 0 N–H and O–H groups in total. The minimum Gasteiger partial charge on any atom is -0.453 e. The lowest BCUT2D eigenvalue weighted by Gasteiger charge is -2.07. The van der Waals surface area contributed by atoms with Crippen LogP contribution < -0.4 is 0 Å². The van der Waals surface area contributed by atoms with Crippen molar-refractivity contribution in [2.75, 3.05) is 13.2 Å². The molecule has 16 heavy (non-hydrogen) atoms. The molecule has 0 aromatic heterocycles. The van der Waals surface area contributed by atoms with Gasteiger partial charge in [-0.3, -0.25) is 0 Å². The SMILES string of the molecule is C/C(=C\CCN=C=O)C(=O)OCC(F)(F)F. The summed E-state index contributed by atoms with van der Waals surface area (Å²) in [6, 6.07) is 0. The Bertz CT molecular complexity index is 316. The molecule has 0 radical (unpaired) electrons. The largest absolute Gasteiger partial charge is 0.453 e. The van der Waals surface area contributed by atoms with Gasteiger partial charge >= 0.3 is 12.1 Å². The van der Waals surface area contributed by atoms with Crippen LogP contribution in [0, 0.1) is 0 Å². The molecule has 0 aromatic rings. The molecule has 0 aliphatic rings. The highest BCUT2D eigenvalue weighted by Crippen LogP contribution is 2.15. The average Bonchev–Trinajstić information content (AvgIpc) is 2.19. The zero-order chi connectivity index (χ0) is 12.6. The molecule has 0 aromatic carbocycles. The second-order valence-electron chi connectivity index (χ2n) is 2.84. The van der Waals surface area contributed by atoms with Gasteiger partial charge < -0.3 is 4.74 Å². The van der Waals surface area contributed by atoms with Gasteiger partial charge in [0, 0.05) is 5.57 Å². The van der Waals surface area contributed by atoms with Gasteiger partial charge in [-0.15, -0.1) is 0 Å². The molecule has 0 aliphatic heterocycles. The number of rotatable bonds is 5. The summed E-state index contributed by atoms with van der Waals surface area (Å²) in [6.07, 6.45) is -1.62. The number of nitrogens with zero attached hydrogens (tertiary/aromatic N) is 1. The number of hydrogen-bond acceptors (Lipinski definition) is 4. The summed E-state index contributed by atoms with van der Waals surface area (Å²) in [6.45, 7) is -0.153. The lowest BCUT2D eigenvalue weighted by Crippen LogP contribution is -2.20. The molecule has 7 heteroatoms. The summed E-state index contributed by atoms with van der Waals surface area (Å²) in [4.78, 5) is 23.8. The van der Waals surface area contributed by atoms with Crippen molar-refractivity contribution in [3.05, 3.63) is 11.6 Å². The van der Waals surface area contributed by atoms with Crippen LogP contribution in [0.5, 0.6) is 0 Å². The Morgan fingerprint density at radius 3 is 2.62 bits per heavy atom. The third-order valence-corrected chi connectivity index (χ3v) is 1.44. The van der Waals surface area contributed by atoms with E-state index in [0.29, 0.717) is 0 Å². The fourth-order valence-corrected chi connectivity index (χ4v) is 0.736. The van der Waals surface area contributed by atoms with Gasteiger partial charge in [0.1, 0.15) is 0 Å². The van der Waals surface area contributed by atoms with Gasteiger partial charge in [0.15, 0.2) is 6.61 Å². The van der Waals surface area contributed by atoms with Gasteiger partial charge in [0.05, 0.1) is 6.54 Å². The zero-order valence-electron chi connectivity index (χ0n) is 8.50. The number of ether oxygens (including phenoxy) is 1. The molecule has 4 nitrogen and oxygen atoms in total. The number of carbonyl (C=O) groups excluding carboxylic acids is 2.